The molecule has 2 aliphatic heterocycles. The van der Waals surface area contributed by atoms with Gasteiger partial charge < -0.3 is 10.1 Å². The Labute approximate surface area is 115 Å². The van der Waals surface area contributed by atoms with Gasteiger partial charge in [-0.1, -0.05) is 0 Å². The summed E-state index contributed by atoms with van der Waals surface area (Å²) in [7, 11) is 0. The highest BCUT2D eigenvalue weighted by atomic mass is 32.2. The van der Waals surface area contributed by atoms with E-state index < -0.39 is 0 Å². The summed E-state index contributed by atoms with van der Waals surface area (Å²) in [5.41, 5.74) is 0.248. The molecule has 2 nitrogen and oxygen atoms in total. The maximum absolute atomic E-state index is 6.13. The molecule has 4 rings (SSSR count). The first-order chi connectivity index (χ1) is 8.85. The standard InChI is InChI=1S/C15H25NOS/c1-2-11(1)14(12-3-4-12)16-13-5-7-17-15(9-13)6-8-18-10-15/h11-14,16H,1-10H2. The van der Waals surface area contributed by atoms with Gasteiger partial charge in [-0.2, -0.15) is 11.8 Å². The smallest absolute Gasteiger partial charge is 0.0795 e. The lowest BCUT2D eigenvalue weighted by Gasteiger charge is -2.39. The number of hydrogen-bond acceptors (Lipinski definition) is 3. The SMILES string of the molecule is C1CC(NC(C2CC2)C2CC2)CC2(CCSC2)O1. The lowest BCUT2D eigenvalue weighted by molar-refractivity contribution is -0.0719. The van der Waals surface area contributed by atoms with Gasteiger partial charge in [-0.25, -0.2) is 0 Å². The van der Waals surface area contributed by atoms with Crippen LogP contribution in [0.1, 0.15) is 44.9 Å². The average Bonchev–Trinajstić information content (AvgIpc) is 3.28. The van der Waals surface area contributed by atoms with Gasteiger partial charge in [0, 0.05) is 24.4 Å². The number of thioether (sulfide) groups is 1. The highest BCUT2D eigenvalue weighted by molar-refractivity contribution is 7.99. The Balaban J connectivity index is 1.38. The molecule has 0 amide bonds. The molecule has 4 fully saturated rings. The fraction of sp³-hybridized carbons (Fsp3) is 1.00. The lowest BCUT2D eigenvalue weighted by Crippen LogP contribution is -2.50. The highest BCUT2D eigenvalue weighted by Gasteiger charge is 2.45. The minimum atomic E-state index is 0.248. The zero-order chi connectivity index (χ0) is 12.0. The second kappa shape index (κ2) is 4.68. The number of nitrogens with one attached hydrogen (secondary N) is 1. The summed E-state index contributed by atoms with van der Waals surface area (Å²) in [6.07, 6.45) is 9.74. The molecule has 0 aromatic rings. The zero-order valence-corrected chi connectivity index (χ0v) is 12.0. The van der Waals surface area contributed by atoms with E-state index in [1.807, 2.05) is 0 Å². The lowest BCUT2D eigenvalue weighted by atomic mass is 9.89. The van der Waals surface area contributed by atoms with E-state index in [0.29, 0.717) is 0 Å². The molecule has 2 heterocycles. The summed E-state index contributed by atoms with van der Waals surface area (Å²) in [5, 5.41) is 4.04. The third kappa shape index (κ3) is 2.46. The van der Waals surface area contributed by atoms with Crippen molar-refractivity contribution in [1.29, 1.82) is 0 Å². The van der Waals surface area contributed by atoms with Crippen LogP contribution in [0.5, 0.6) is 0 Å². The van der Waals surface area contributed by atoms with E-state index in [9.17, 15) is 0 Å². The molecule has 2 saturated carbocycles. The summed E-state index contributed by atoms with van der Waals surface area (Å²) in [4.78, 5) is 0. The Morgan fingerprint density at radius 2 is 1.89 bits per heavy atom. The molecule has 102 valence electrons. The Kier molecular flexibility index (Phi) is 3.13. The van der Waals surface area contributed by atoms with Gasteiger partial charge in [0.05, 0.1) is 5.60 Å². The molecule has 4 aliphatic rings. The van der Waals surface area contributed by atoms with E-state index in [1.54, 1.807) is 0 Å². The van der Waals surface area contributed by atoms with Crippen molar-refractivity contribution in [1.82, 2.24) is 5.32 Å². The summed E-state index contributed by atoms with van der Waals surface area (Å²) in [6, 6.07) is 1.60. The van der Waals surface area contributed by atoms with Crippen LogP contribution >= 0.6 is 11.8 Å². The second-order valence-corrected chi connectivity index (χ2v) is 8.00. The van der Waals surface area contributed by atoms with Crippen LogP contribution in [0.15, 0.2) is 0 Å². The van der Waals surface area contributed by atoms with Gasteiger partial charge in [0.2, 0.25) is 0 Å². The fourth-order valence-electron chi connectivity index (χ4n) is 3.87. The van der Waals surface area contributed by atoms with Crippen LogP contribution in [0, 0.1) is 11.8 Å². The second-order valence-electron chi connectivity index (χ2n) is 6.89. The first kappa shape index (κ1) is 12.0. The van der Waals surface area contributed by atoms with Crippen molar-refractivity contribution in [2.45, 2.75) is 62.6 Å². The van der Waals surface area contributed by atoms with Gasteiger partial charge in [0.1, 0.15) is 0 Å². The monoisotopic (exact) mass is 267 g/mol. The number of rotatable bonds is 4. The molecule has 2 unspecified atom stereocenters. The molecule has 0 radical (unpaired) electrons. The Morgan fingerprint density at radius 1 is 1.11 bits per heavy atom. The predicted molar refractivity (Wildman–Crippen MR) is 76.0 cm³/mol. The molecule has 1 N–H and O–H groups in total. The summed E-state index contributed by atoms with van der Waals surface area (Å²) in [5.74, 6) is 4.59. The van der Waals surface area contributed by atoms with E-state index in [2.05, 4.69) is 17.1 Å². The van der Waals surface area contributed by atoms with Crippen molar-refractivity contribution in [2.75, 3.05) is 18.1 Å². The average molecular weight is 267 g/mol. The fourth-order valence-corrected chi connectivity index (χ4v) is 5.25. The summed E-state index contributed by atoms with van der Waals surface area (Å²) >= 11 is 2.08. The van der Waals surface area contributed by atoms with Crippen LogP contribution in [0.4, 0.5) is 0 Å². The molecule has 2 aliphatic carbocycles. The third-order valence-corrected chi connectivity index (χ3v) is 6.47. The topological polar surface area (TPSA) is 21.3 Å². The molecule has 3 heteroatoms. The molecule has 0 aromatic heterocycles. The molecule has 2 saturated heterocycles. The van der Waals surface area contributed by atoms with Crippen molar-refractivity contribution in [3.63, 3.8) is 0 Å². The normalized spacial score (nSPS) is 40.8. The summed E-state index contributed by atoms with van der Waals surface area (Å²) < 4.78 is 6.13. The van der Waals surface area contributed by atoms with Gasteiger partial charge in [0.25, 0.3) is 0 Å². The van der Waals surface area contributed by atoms with E-state index in [0.717, 1.165) is 30.5 Å². The molecule has 0 bridgehead atoms. The largest absolute Gasteiger partial charge is 0.374 e. The molecule has 2 atom stereocenters. The van der Waals surface area contributed by atoms with Gasteiger partial charge in [-0.05, 0) is 62.5 Å². The van der Waals surface area contributed by atoms with Crippen LogP contribution < -0.4 is 5.32 Å². The van der Waals surface area contributed by atoms with Crippen LogP contribution in [-0.4, -0.2) is 35.8 Å². The van der Waals surface area contributed by atoms with Gasteiger partial charge >= 0.3 is 0 Å². The first-order valence-electron chi connectivity index (χ1n) is 7.82. The molecule has 1 spiro atoms. The molecule has 18 heavy (non-hydrogen) atoms. The van der Waals surface area contributed by atoms with Crippen LogP contribution in [0.25, 0.3) is 0 Å². The van der Waals surface area contributed by atoms with Crippen LogP contribution in [0.2, 0.25) is 0 Å². The number of ether oxygens (including phenoxy) is 1. The van der Waals surface area contributed by atoms with E-state index >= 15 is 0 Å². The van der Waals surface area contributed by atoms with Gasteiger partial charge in [-0.3, -0.25) is 0 Å². The predicted octanol–water partition coefficient (Wildman–Crippen LogP) is 2.82. The van der Waals surface area contributed by atoms with Gasteiger partial charge in [0.15, 0.2) is 0 Å². The van der Waals surface area contributed by atoms with Crippen molar-refractivity contribution in [3.05, 3.63) is 0 Å². The quantitative estimate of drug-likeness (QED) is 0.846. The van der Waals surface area contributed by atoms with E-state index in [4.69, 9.17) is 4.74 Å². The summed E-state index contributed by atoms with van der Waals surface area (Å²) in [6.45, 7) is 0.986. The van der Waals surface area contributed by atoms with E-state index in [-0.39, 0.29) is 5.60 Å². The first-order valence-corrected chi connectivity index (χ1v) is 8.98. The highest BCUT2D eigenvalue weighted by Crippen LogP contribution is 2.46. The van der Waals surface area contributed by atoms with E-state index in [1.165, 1.54) is 56.5 Å². The van der Waals surface area contributed by atoms with Crippen molar-refractivity contribution < 1.29 is 4.74 Å². The Bertz CT molecular complexity index is 296. The minimum Gasteiger partial charge on any atom is -0.374 e. The maximum Gasteiger partial charge on any atom is 0.0795 e. The van der Waals surface area contributed by atoms with Crippen molar-refractivity contribution >= 4 is 11.8 Å². The molecular formula is C15H25NOS. The Hall–Kier alpha value is 0.270. The molecule has 0 aromatic carbocycles. The van der Waals surface area contributed by atoms with Crippen LogP contribution in [0.3, 0.4) is 0 Å². The van der Waals surface area contributed by atoms with Gasteiger partial charge in [-0.15, -0.1) is 0 Å². The van der Waals surface area contributed by atoms with Crippen LogP contribution in [-0.2, 0) is 4.74 Å². The zero-order valence-electron chi connectivity index (χ0n) is 11.2. The molecular weight excluding hydrogens is 242 g/mol. The van der Waals surface area contributed by atoms with Crippen molar-refractivity contribution in [2.24, 2.45) is 11.8 Å². The maximum atomic E-state index is 6.13. The Morgan fingerprint density at radius 3 is 2.50 bits per heavy atom. The van der Waals surface area contributed by atoms with Crippen molar-refractivity contribution in [3.8, 4) is 0 Å². The third-order valence-electron chi connectivity index (χ3n) is 5.25. The number of hydrogen-bond donors (Lipinski definition) is 1. The minimum absolute atomic E-state index is 0.248.